The van der Waals surface area contributed by atoms with E-state index in [-0.39, 0.29) is 0 Å². The average molecular weight is 251 g/mol. The first-order valence-corrected chi connectivity index (χ1v) is 5.91. The number of nitrogens with zero attached hydrogens (tertiary/aromatic N) is 1. The Hall–Kier alpha value is -1.59. The van der Waals surface area contributed by atoms with Gasteiger partial charge in [-0.25, -0.2) is 0 Å². The number of para-hydroxylation sites is 1. The maximum Gasteiger partial charge on any atom is 0.325 e. The van der Waals surface area contributed by atoms with Gasteiger partial charge in [0.1, 0.15) is 11.8 Å². The van der Waals surface area contributed by atoms with Gasteiger partial charge in [0.2, 0.25) is 0 Å². The molecule has 1 aromatic rings. The summed E-state index contributed by atoms with van der Waals surface area (Å²) in [5, 5.41) is 9.46. The van der Waals surface area contributed by atoms with Crippen molar-refractivity contribution in [1.82, 2.24) is 4.90 Å². The smallest absolute Gasteiger partial charge is 0.325 e. The van der Waals surface area contributed by atoms with Gasteiger partial charge >= 0.3 is 5.97 Å². The van der Waals surface area contributed by atoms with Crippen molar-refractivity contribution >= 4 is 5.97 Å². The zero-order chi connectivity index (χ0) is 13.0. The van der Waals surface area contributed by atoms with Crippen LogP contribution in [0.5, 0.6) is 5.75 Å². The molecule has 1 atom stereocenters. The van der Waals surface area contributed by atoms with E-state index in [1.807, 2.05) is 17.0 Å². The van der Waals surface area contributed by atoms with Gasteiger partial charge in [-0.1, -0.05) is 18.2 Å². The summed E-state index contributed by atoms with van der Waals surface area (Å²) in [6, 6.07) is 6.57. The number of rotatable bonds is 4. The molecule has 0 spiro atoms. The highest BCUT2D eigenvalue weighted by atomic mass is 16.5. The number of carbonyl (C=O) groups is 1. The molecule has 0 amide bonds. The van der Waals surface area contributed by atoms with Crippen molar-refractivity contribution in [3.63, 3.8) is 0 Å². The Morgan fingerprint density at radius 2 is 2.06 bits per heavy atom. The summed E-state index contributed by atoms with van der Waals surface area (Å²) >= 11 is 0. The minimum Gasteiger partial charge on any atom is -0.496 e. The third-order valence-electron chi connectivity index (χ3n) is 3.08. The minimum absolute atomic E-state index is 0.568. The van der Waals surface area contributed by atoms with Crippen molar-refractivity contribution in [1.29, 1.82) is 0 Å². The van der Waals surface area contributed by atoms with E-state index in [4.69, 9.17) is 9.47 Å². The van der Waals surface area contributed by atoms with Crippen LogP contribution in [0.15, 0.2) is 24.3 Å². The van der Waals surface area contributed by atoms with Gasteiger partial charge in [-0.15, -0.1) is 0 Å². The van der Waals surface area contributed by atoms with Crippen LogP contribution in [0.25, 0.3) is 0 Å². The lowest BCUT2D eigenvalue weighted by atomic mass is 10.0. The number of morpholine rings is 1. The fourth-order valence-electron chi connectivity index (χ4n) is 2.21. The van der Waals surface area contributed by atoms with E-state index in [9.17, 15) is 9.90 Å². The molecule has 1 heterocycles. The van der Waals surface area contributed by atoms with E-state index in [2.05, 4.69) is 0 Å². The lowest BCUT2D eigenvalue weighted by Crippen LogP contribution is -2.42. The van der Waals surface area contributed by atoms with Gasteiger partial charge in [-0.3, -0.25) is 9.69 Å². The summed E-state index contributed by atoms with van der Waals surface area (Å²) in [6.45, 7) is 2.38. The highest BCUT2D eigenvalue weighted by molar-refractivity contribution is 5.76. The Kier molecular flexibility index (Phi) is 4.17. The van der Waals surface area contributed by atoms with Gasteiger partial charge in [0.05, 0.1) is 20.3 Å². The predicted octanol–water partition coefficient (Wildman–Crippen LogP) is 1.15. The minimum atomic E-state index is -0.860. The SMILES string of the molecule is COc1ccccc1[C@H](C(=O)O)N1CCOCC1. The van der Waals surface area contributed by atoms with E-state index < -0.39 is 12.0 Å². The number of ether oxygens (including phenoxy) is 2. The Labute approximate surface area is 106 Å². The van der Waals surface area contributed by atoms with Crippen LogP contribution in [0.1, 0.15) is 11.6 Å². The number of methoxy groups -OCH3 is 1. The summed E-state index contributed by atoms with van der Waals surface area (Å²) in [5.74, 6) is -0.252. The highest BCUT2D eigenvalue weighted by Gasteiger charge is 2.30. The molecular weight excluding hydrogens is 234 g/mol. The summed E-state index contributed by atoms with van der Waals surface area (Å²) < 4.78 is 10.5. The molecule has 1 N–H and O–H groups in total. The summed E-state index contributed by atoms with van der Waals surface area (Å²) in [7, 11) is 1.55. The van der Waals surface area contributed by atoms with Gasteiger partial charge < -0.3 is 14.6 Å². The second kappa shape index (κ2) is 5.84. The van der Waals surface area contributed by atoms with Crippen LogP contribution in [0.4, 0.5) is 0 Å². The van der Waals surface area contributed by atoms with Crippen LogP contribution >= 0.6 is 0 Å². The summed E-state index contributed by atoms with van der Waals surface area (Å²) in [4.78, 5) is 13.4. The van der Waals surface area contributed by atoms with Crippen LogP contribution in [-0.2, 0) is 9.53 Å². The van der Waals surface area contributed by atoms with Gasteiger partial charge in [0, 0.05) is 18.7 Å². The first-order chi connectivity index (χ1) is 8.74. The zero-order valence-corrected chi connectivity index (χ0v) is 10.3. The molecule has 0 unspecified atom stereocenters. The van der Waals surface area contributed by atoms with Crippen molar-refractivity contribution in [2.45, 2.75) is 6.04 Å². The second-order valence-corrected chi connectivity index (χ2v) is 4.13. The molecule has 1 fully saturated rings. The molecule has 5 heteroatoms. The molecule has 0 bridgehead atoms. The number of hydrogen-bond acceptors (Lipinski definition) is 4. The number of benzene rings is 1. The van der Waals surface area contributed by atoms with Crippen molar-refractivity contribution < 1.29 is 19.4 Å². The third-order valence-corrected chi connectivity index (χ3v) is 3.08. The molecule has 5 nitrogen and oxygen atoms in total. The monoisotopic (exact) mass is 251 g/mol. The molecule has 98 valence electrons. The predicted molar refractivity (Wildman–Crippen MR) is 65.8 cm³/mol. The van der Waals surface area contributed by atoms with Crippen LogP contribution < -0.4 is 4.74 Å². The van der Waals surface area contributed by atoms with Gasteiger partial charge in [0.15, 0.2) is 0 Å². The first kappa shape index (κ1) is 12.9. The molecule has 18 heavy (non-hydrogen) atoms. The summed E-state index contributed by atoms with van der Waals surface area (Å²) in [6.07, 6.45) is 0. The highest BCUT2D eigenvalue weighted by Crippen LogP contribution is 2.29. The quantitative estimate of drug-likeness (QED) is 0.870. The summed E-state index contributed by atoms with van der Waals surface area (Å²) in [5.41, 5.74) is 0.689. The zero-order valence-electron chi connectivity index (χ0n) is 10.3. The Balaban J connectivity index is 2.31. The molecule has 2 rings (SSSR count). The molecule has 0 aliphatic carbocycles. The number of carboxylic acids is 1. The normalized spacial score (nSPS) is 18.3. The van der Waals surface area contributed by atoms with E-state index in [1.165, 1.54) is 0 Å². The fraction of sp³-hybridized carbons (Fsp3) is 0.462. The van der Waals surface area contributed by atoms with E-state index in [0.717, 1.165) is 0 Å². The van der Waals surface area contributed by atoms with Gasteiger partial charge in [-0.05, 0) is 6.07 Å². The average Bonchev–Trinajstić information content (AvgIpc) is 2.40. The molecule has 0 saturated carbocycles. The van der Waals surface area contributed by atoms with Crippen LogP contribution in [0.2, 0.25) is 0 Å². The van der Waals surface area contributed by atoms with Crippen molar-refractivity contribution in [3.8, 4) is 5.75 Å². The molecular formula is C13H17NO4. The van der Waals surface area contributed by atoms with Gasteiger partial charge in [-0.2, -0.15) is 0 Å². The van der Waals surface area contributed by atoms with Crippen molar-refractivity contribution in [2.75, 3.05) is 33.4 Å². The molecule has 1 saturated heterocycles. The van der Waals surface area contributed by atoms with E-state index in [1.54, 1.807) is 19.2 Å². The Bertz CT molecular complexity index is 415. The van der Waals surface area contributed by atoms with E-state index in [0.29, 0.717) is 37.6 Å². The van der Waals surface area contributed by atoms with Crippen LogP contribution in [0.3, 0.4) is 0 Å². The standard InChI is InChI=1S/C13H17NO4/c1-17-11-5-3-2-4-10(11)12(13(15)16)14-6-8-18-9-7-14/h2-5,12H,6-9H2,1H3,(H,15,16)/t12-/m1/s1. The lowest BCUT2D eigenvalue weighted by Gasteiger charge is -2.32. The fourth-order valence-corrected chi connectivity index (χ4v) is 2.21. The van der Waals surface area contributed by atoms with Gasteiger partial charge in [0.25, 0.3) is 0 Å². The van der Waals surface area contributed by atoms with Crippen molar-refractivity contribution in [3.05, 3.63) is 29.8 Å². The number of carboxylic acid groups (broad SMARTS) is 1. The van der Waals surface area contributed by atoms with Crippen LogP contribution in [0, 0.1) is 0 Å². The number of aliphatic carboxylic acids is 1. The molecule has 1 aromatic carbocycles. The maximum absolute atomic E-state index is 11.5. The lowest BCUT2D eigenvalue weighted by molar-refractivity contribution is -0.145. The molecule has 1 aliphatic heterocycles. The van der Waals surface area contributed by atoms with Crippen LogP contribution in [-0.4, -0.2) is 49.4 Å². The molecule has 0 aromatic heterocycles. The molecule has 0 radical (unpaired) electrons. The first-order valence-electron chi connectivity index (χ1n) is 5.91. The maximum atomic E-state index is 11.5. The third kappa shape index (κ3) is 2.63. The van der Waals surface area contributed by atoms with E-state index >= 15 is 0 Å². The Morgan fingerprint density at radius 1 is 1.39 bits per heavy atom. The Morgan fingerprint density at radius 3 is 2.67 bits per heavy atom. The van der Waals surface area contributed by atoms with Crippen molar-refractivity contribution in [2.24, 2.45) is 0 Å². The second-order valence-electron chi connectivity index (χ2n) is 4.13. The topological polar surface area (TPSA) is 59.0 Å². The number of hydrogen-bond donors (Lipinski definition) is 1. The largest absolute Gasteiger partial charge is 0.496 e. The molecule has 1 aliphatic rings.